The number of fused-ring (bicyclic) bond motifs is 4. The molecule has 27 heteroatoms. The van der Waals surface area contributed by atoms with Crippen molar-refractivity contribution in [3.8, 4) is 5.88 Å². The monoisotopic (exact) mass is 1160 g/mol. The topological polar surface area (TPSA) is 232 Å². The van der Waals surface area contributed by atoms with E-state index >= 15 is 0 Å². The van der Waals surface area contributed by atoms with Gasteiger partial charge in [0.15, 0.2) is 40.6 Å². The summed E-state index contributed by atoms with van der Waals surface area (Å²) >= 11 is 11.4. The highest BCUT2D eigenvalue weighted by molar-refractivity contribution is 8.32. The van der Waals surface area contributed by atoms with E-state index in [1.165, 1.54) is 58.3 Å². The summed E-state index contributed by atoms with van der Waals surface area (Å²) in [6.07, 6.45) is -0.770. The van der Waals surface area contributed by atoms with E-state index in [0.29, 0.717) is 35.7 Å². The van der Waals surface area contributed by atoms with E-state index in [-0.39, 0.29) is 22.5 Å². The Morgan fingerprint density at radius 2 is 1.31 bits per heavy atom. The largest absolute Gasteiger partial charge is 0.780 e. The van der Waals surface area contributed by atoms with Crippen molar-refractivity contribution in [2.45, 2.75) is 181 Å². The fourth-order valence-corrected chi connectivity index (χ4v) is 14.4. The van der Waals surface area contributed by atoms with Crippen LogP contribution in [0.25, 0.3) is 22.2 Å². The van der Waals surface area contributed by atoms with Crippen LogP contribution in [0.5, 0.6) is 5.88 Å². The highest BCUT2D eigenvalue weighted by atomic mass is 32.7. The molecule has 4 aliphatic heterocycles. The first-order valence-electron chi connectivity index (χ1n) is 26.6. The third-order valence-electron chi connectivity index (χ3n) is 15.8. The average Bonchev–Trinajstić information content (AvgIpc) is 4.06. The van der Waals surface area contributed by atoms with Crippen LogP contribution < -0.4 is 25.2 Å². The predicted molar refractivity (Wildman–Crippen MR) is 299 cm³/mol. The molecule has 3 saturated heterocycles. The van der Waals surface area contributed by atoms with Crippen molar-refractivity contribution < 1.29 is 60.4 Å². The van der Waals surface area contributed by atoms with Crippen molar-refractivity contribution in [2.24, 2.45) is 0 Å². The van der Waals surface area contributed by atoms with Gasteiger partial charge in [-0.2, -0.15) is 0 Å². The molecule has 3 fully saturated rings. The summed E-state index contributed by atoms with van der Waals surface area (Å²) in [6, 6.07) is 0. The number of aryl methyl sites for hydroxylation is 1. The van der Waals surface area contributed by atoms with Crippen molar-refractivity contribution in [1.29, 1.82) is 0 Å². The second kappa shape index (κ2) is 25.2. The van der Waals surface area contributed by atoms with Gasteiger partial charge >= 0.3 is 0 Å². The van der Waals surface area contributed by atoms with Crippen LogP contribution in [0.3, 0.4) is 0 Å². The molecular formula is C48H86N10O11P2S2Si2. The molecule has 0 saturated carbocycles. The maximum Gasteiger partial charge on any atom is 0.226 e. The Hall–Kier alpha value is -2.01. The van der Waals surface area contributed by atoms with Gasteiger partial charge in [-0.15, -0.1) is 0 Å². The number of imidazole rings is 1. The third kappa shape index (κ3) is 14.5. The molecule has 0 aliphatic carbocycles. The minimum Gasteiger partial charge on any atom is -0.780 e. The van der Waals surface area contributed by atoms with Gasteiger partial charge < -0.3 is 78.4 Å². The second-order valence-electron chi connectivity index (χ2n) is 22.5. The second-order valence-corrected chi connectivity index (χ2v) is 37.5. The summed E-state index contributed by atoms with van der Waals surface area (Å²) in [5.41, 5.74) is 8.29. The van der Waals surface area contributed by atoms with E-state index in [9.17, 15) is 9.46 Å². The van der Waals surface area contributed by atoms with Gasteiger partial charge in [-0.25, -0.2) is 24.9 Å². The van der Waals surface area contributed by atoms with Crippen LogP contribution in [0.1, 0.15) is 108 Å². The standard InChI is InChI=1S/C36H56N8O11P2S2Si2.2C6H15N/c1-35(2,3)60(7,8)54-26-22-16-49-56(45,58)52-25-21(15-48-57(46,59)53-27(26)33(51-22)44-19-42-24-29(37)38-17-40-31(24)44)50-34(28(25)55-61(9,10)36(4,5)6)43-14-20-12-11-13-47-32-23(20)30(43)39-18-41-32;2*1-4-7(5-2)6-3/h14,17-19,21-22,25-28,33-34H,11-13,15-16H2,1-10H3,(H,45,58)(H,46,59)(H2,37,38,40);2*4-6H2,1-3H3/t21-,22-,25-,26-,27-,28-,33-,34-,56?,57?;;/m1../s1. The Morgan fingerprint density at radius 3 is 1.88 bits per heavy atom. The smallest absolute Gasteiger partial charge is 0.226 e. The van der Waals surface area contributed by atoms with E-state index in [4.69, 9.17) is 70.9 Å². The van der Waals surface area contributed by atoms with Crippen molar-refractivity contribution in [3.63, 3.8) is 0 Å². The van der Waals surface area contributed by atoms with E-state index in [1.807, 2.05) is 10.8 Å². The quantitative estimate of drug-likeness (QED) is 0.0881. The van der Waals surface area contributed by atoms with Gasteiger partial charge in [0.2, 0.25) is 12.7 Å². The van der Waals surface area contributed by atoms with E-state index in [0.717, 1.165) is 17.4 Å². The molecule has 2 bridgehead atoms. The van der Waals surface area contributed by atoms with Gasteiger partial charge in [-0.3, -0.25) is 9.13 Å². The molecular weight excluding hydrogens is 1070 g/mol. The molecule has 10 atom stereocenters. The average molecular weight is 1160 g/mol. The summed E-state index contributed by atoms with van der Waals surface area (Å²) < 4.78 is 76.6. The van der Waals surface area contributed by atoms with Crippen LogP contribution in [0.15, 0.2) is 25.2 Å². The Kier molecular flexibility index (Phi) is 20.9. The number of anilines is 1. The maximum absolute atomic E-state index is 14.6. The summed E-state index contributed by atoms with van der Waals surface area (Å²) in [4.78, 5) is 39.9. The molecule has 4 aromatic heterocycles. The van der Waals surface area contributed by atoms with Gasteiger partial charge in [-0.1, -0.05) is 53.3 Å². The minimum absolute atomic E-state index is 0.144. The number of hydrogen-bond donors (Lipinski definition) is 3. The Labute approximate surface area is 457 Å². The number of quaternary nitrogens is 2. The molecule has 0 radical (unpaired) electrons. The van der Waals surface area contributed by atoms with Crippen molar-refractivity contribution in [3.05, 3.63) is 30.7 Å². The molecule has 4 aromatic rings. The number of nitrogens with zero attached hydrogens (tertiary/aromatic N) is 7. The van der Waals surface area contributed by atoms with Crippen molar-refractivity contribution in [2.75, 3.05) is 64.8 Å². The summed E-state index contributed by atoms with van der Waals surface area (Å²) in [6.45, 7) is 32.6. The molecule has 0 aromatic carbocycles. The Balaban J connectivity index is 0.000000575. The number of hydrogen-bond acceptors (Lipinski definition) is 19. The molecule has 0 spiro atoms. The lowest BCUT2D eigenvalue weighted by Gasteiger charge is -2.42. The number of ether oxygens (including phenoxy) is 3. The van der Waals surface area contributed by atoms with Gasteiger partial charge in [0.25, 0.3) is 0 Å². The zero-order valence-electron chi connectivity index (χ0n) is 47.1. The molecule has 8 heterocycles. The minimum atomic E-state index is -4.45. The van der Waals surface area contributed by atoms with Crippen molar-refractivity contribution >= 4 is 82.2 Å². The van der Waals surface area contributed by atoms with E-state index in [1.54, 1.807) is 14.4 Å². The summed E-state index contributed by atoms with van der Waals surface area (Å²) in [5, 5.41) is 0.201. The lowest BCUT2D eigenvalue weighted by atomic mass is 10.1. The van der Waals surface area contributed by atoms with Gasteiger partial charge in [0.1, 0.15) is 67.2 Å². The van der Waals surface area contributed by atoms with E-state index < -0.39 is 85.8 Å². The highest BCUT2D eigenvalue weighted by Gasteiger charge is 2.56. The lowest BCUT2D eigenvalue weighted by Crippen LogP contribution is -3.11. The highest BCUT2D eigenvalue weighted by Crippen LogP contribution is 2.56. The normalized spacial score (nSPS) is 28.9. The molecule has 8 rings (SSSR count). The number of nitrogen functional groups attached to an aromatic ring is 1. The van der Waals surface area contributed by atoms with Crippen LogP contribution in [0, 0.1) is 0 Å². The van der Waals surface area contributed by atoms with Crippen LogP contribution in [-0.2, 0) is 71.5 Å². The Bertz CT molecular complexity index is 2590. The summed E-state index contributed by atoms with van der Waals surface area (Å²) in [7, 11) is -5.31. The first kappa shape index (κ1) is 62.2. The molecule has 2 unspecified atom stereocenters. The number of aromatic nitrogens is 7. The third-order valence-corrected chi connectivity index (χ3v) is 27.8. The lowest BCUT2D eigenvalue weighted by molar-refractivity contribution is -0.894. The fraction of sp³-hybridized carbons (Fsp3) is 0.771. The zero-order chi connectivity index (χ0) is 55.5. The number of nitrogens with two attached hydrogens (primary N) is 1. The SMILES string of the molecule is CC(C)(C)[Si](C)(C)O[C@@H]1[C@@H]2OP([O-])(=S)OC[C@H]3O[C@@H](n4cnc5c(N)ncnc54)[C@H](OP(=O)([S-])OC[C@H]2O[C@H]1n1cc2c4c(ncnc41)OCCC2)[C@@H]3O[Si](C)(C)C(C)(C)C.CC[NH+](CC)CC.CC[NH+](CC)CC. The first-order valence-corrected chi connectivity index (χ1v) is 37.5. The predicted octanol–water partition coefficient (Wildman–Crippen LogP) is 5.67. The zero-order valence-corrected chi connectivity index (χ0v) is 52.5. The molecule has 4 aliphatic rings. The first-order chi connectivity index (χ1) is 35.1. The fourth-order valence-electron chi connectivity index (χ4n) is 8.97. The Morgan fingerprint density at radius 1 is 0.760 bits per heavy atom. The van der Waals surface area contributed by atoms with Gasteiger partial charge in [-0.05, 0) is 96.2 Å². The molecule has 75 heavy (non-hydrogen) atoms. The molecule has 424 valence electrons. The molecule has 0 amide bonds. The van der Waals surface area contributed by atoms with Crippen molar-refractivity contribution in [1.82, 2.24) is 34.1 Å². The summed E-state index contributed by atoms with van der Waals surface area (Å²) in [5.74, 6) is 0.613. The van der Waals surface area contributed by atoms with Gasteiger partial charge in [0.05, 0.1) is 70.8 Å². The van der Waals surface area contributed by atoms with Crippen LogP contribution in [-0.4, -0.2) is 146 Å². The molecule has 21 nitrogen and oxygen atoms in total. The van der Waals surface area contributed by atoms with E-state index in [2.05, 4.69) is 134 Å². The number of nitrogens with one attached hydrogen (secondary N) is 2. The van der Waals surface area contributed by atoms with Crippen LogP contribution in [0.2, 0.25) is 36.3 Å². The maximum atomic E-state index is 14.6. The number of rotatable bonds is 12. The van der Waals surface area contributed by atoms with Crippen LogP contribution in [0.4, 0.5) is 5.82 Å². The molecule has 4 N–H and O–H groups in total. The van der Waals surface area contributed by atoms with Gasteiger partial charge in [0, 0.05) is 6.20 Å². The van der Waals surface area contributed by atoms with Crippen LogP contribution >= 0.6 is 13.5 Å².